The molecule has 0 N–H and O–H groups in total. The van der Waals surface area contributed by atoms with Gasteiger partial charge in [0.2, 0.25) is 13.6 Å². The SMILES string of the molecule is O=C(c1cc(-c2ccc3c(c2)OCO3)nc2ccccc12)N1CCN(c2ccc3c(c2)OCO3)CC1. The highest BCUT2D eigenvalue weighted by atomic mass is 16.7. The highest BCUT2D eigenvalue weighted by Gasteiger charge is 2.26. The number of piperazine rings is 1. The number of carbonyl (C=O) groups is 1. The van der Waals surface area contributed by atoms with Crippen LogP contribution in [0.1, 0.15) is 10.4 Å². The summed E-state index contributed by atoms with van der Waals surface area (Å²) in [7, 11) is 0. The predicted octanol–water partition coefficient (Wildman–Crippen LogP) is 4.32. The average Bonchev–Trinajstić information content (AvgIpc) is 3.61. The molecule has 3 aliphatic heterocycles. The molecule has 1 saturated heterocycles. The van der Waals surface area contributed by atoms with Crippen LogP contribution in [0.4, 0.5) is 5.69 Å². The van der Waals surface area contributed by atoms with Gasteiger partial charge in [-0.2, -0.15) is 0 Å². The number of pyridine rings is 1. The third kappa shape index (κ3) is 3.53. The maximum atomic E-state index is 13.8. The Balaban J connectivity index is 1.16. The number of hydrogen-bond donors (Lipinski definition) is 0. The maximum absolute atomic E-state index is 13.8. The Morgan fingerprint density at radius 2 is 1.42 bits per heavy atom. The Kier molecular flexibility index (Phi) is 4.83. The summed E-state index contributed by atoms with van der Waals surface area (Å²) in [5.41, 5.74) is 4.13. The van der Waals surface area contributed by atoms with Gasteiger partial charge in [0.05, 0.1) is 16.8 Å². The molecule has 1 aromatic heterocycles. The van der Waals surface area contributed by atoms with Crippen molar-refractivity contribution in [1.82, 2.24) is 9.88 Å². The van der Waals surface area contributed by atoms with Crippen molar-refractivity contribution in [2.75, 3.05) is 44.7 Å². The van der Waals surface area contributed by atoms with Crippen LogP contribution in [0.5, 0.6) is 23.0 Å². The Morgan fingerprint density at radius 1 is 0.722 bits per heavy atom. The third-order valence-electron chi connectivity index (χ3n) is 6.90. The topological polar surface area (TPSA) is 73.4 Å². The Morgan fingerprint density at radius 3 is 2.22 bits per heavy atom. The van der Waals surface area contributed by atoms with E-state index in [1.165, 1.54) is 0 Å². The summed E-state index contributed by atoms with van der Waals surface area (Å²) in [6.45, 7) is 3.21. The fourth-order valence-electron chi connectivity index (χ4n) is 4.98. The molecule has 180 valence electrons. The molecular weight excluding hydrogens is 458 g/mol. The summed E-state index contributed by atoms with van der Waals surface area (Å²) in [6, 6.07) is 21.4. The largest absolute Gasteiger partial charge is 0.454 e. The number of anilines is 1. The van der Waals surface area contributed by atoms with Gasteiger partial charge in [0.1, 0.15) is 0 Å². The van der Waals surface area contributed by atoms with E-state index in [1.54, 1.807) is 0 Å². The molecule has 8 nitrogen and oxygen atoms in total. The summed E-state index contributed by atoms with van der Waals surface area (Å²) >= 11 is 0. The van der Waals surface area contributed by atoms with Gasteiger partial charge in [-0.05, 0) is 42.5 Å². The molecule has 1 amide bonds. The molecule has 0 spiro atoms. The van der Waals surface area contributed by atoms with Gasteiger partial charge >= 0.3 is 0 Å². The molecule has 4 aromatic rings. The number of ether oxygens (including phenoxy) is 4. The summed E-state index contributed by atoms with van der Waals surface area (Å²) in [5, 5.41) is 0.852. The summed E-state index contributed by atoms with van der Waals surface area (Å²) in [5.74, 6) is 2.97. The minimum absolute atomic E-state index is 0.0148. The molecule has 0 unspecified atom stereocenters. The molecule has 0 radical (unpaired) electrons. The quantitative estimate of drug-likeness (QED) is 0.432. The van der Waals surface area contributed by atoms with Crippen molar-refractivity contribution < 1.29 is 23.7 Å². The van der Waals surface area contributed by atoms with Crippen molar-refractivity contribution in [3.8, 4) is 34.3 Å². The van der Waals surface area contributed by atoms with E-state index in [4.69, 9.17) is 23.9 Å². The second-order valence-corrected chi connectivity index (χ2v) is 8.96. The molecule has 0 bridgehead atoms. The molecule has 8 heteroatoms. The van der Waals surface area contributed by atoms with E-state index in [0.717, 1.165) is 58.2 Å². The number of aromatic nitrogens is 1. The first-order valence-electron chi connectivity index (χ1n) is 12.0. The van der Waals surface area contributed by atoms with E-state index in [2.05, 4.69) is 4.90 Å². The first-order chi connectivity index (χ1) is 17.7. The lowest BCUT2D eigenvalue weighted by Gasteiger charge is -2.36. The van der Waals surface area contributed by atoms with Crippen molar-refractivity contribution >= 4 is 22.5 Å². The van der Waals surface area contributed by atoms with Crippen molar-refractivity contribution in [3.05, 3.63) is 72.3 Å². The zero-order valence-electron chi connectivity index (χ0n) is 19.5. The maximum Gasteiger partial charge on any atom is 0.254 e. The number of fused-ring (bicyclic) bond motifs is 3. The van der Waals surface area contributed by atoms with Gasteiger partial charge in [0.25, 0.3) is 5.91 Å². The van der Waals surface area contributed by atoms with Crippen molar-refractivity contribution in [1.29, 1.82) is 0 Å². The Bertz CT molecular complexity index is 1500. The fraction of sp³-hybridized carbons (Fsp3) is 0.214. The first kappa shape index (κ1) is 20.9. The number of benzene rings is 3. The molecule has 4 heterocycles. The van der Waals surface area contributed by atoms with E-state index >= 15 is 0 Å². The molecule has 3 aliphatic rings. The van der Waals surface area contributed by atoms with E-state index in [9.17, 15) is 4.79 Å². The van der Waals surface area contributed by atoms with Gasteiger partial charge in [-0.25, -0.2) is 4.98 Å². The number of para-hydroxylation sites is 1. The van der Waals surface area contributed by atoms with E-state index in [1.807, 2.05) is 71.6 Å². The molecule has 1 fully saturated rings. The van der Waals surface area contributed by atoms with Crippen molar-refractivity contribution in [2.45, 2.75) is 0 Å². The van der Waals surface area contributed by atoms with Crippen LogP contribution in [0.3, 0.4) is 0 Å². The van der Waals surface area contributed by atoms with Gasteiger partial charge < -0.3 is 28.7 Å². The lowest BCUT2D eigenvalue weighted by molar-refractivity contribution is 0.0748. The normalized spacial score (nSPS) is 16.0. The van der Waals surface area contributed by atoms with Crippen LogP contribution < -0.4 is 23.8 Å². The number of carbonyl (C=O) groups excluding carboxylic acids is 1. The van der Waals surface area contributed by atoms with Crippen LogP contribution >= 0.6 is 0 Å². The van der Waals surface area contributed by atoms with E-state index in [0.29, 0.717) is 24.4 Å². The average molecular weight is 482 g/mol. The van der Waals surface area contributed by atoms with Crippen LogP contribution in [0.25, 0.3) is 22.2 Å². The Hall–Kier alpha value is -4.46. The van der Waals surface area contributed by atoms with Crippen molar-refractivity contribution in [2.24, 2.45) is 0 Å². The van der Waals surface area contributed by atoms with Crippen molar-refractivity contribution in [3.63, 3.8) is 0 Å². The van der Waals surface area contributed by atoms with E-state index < -0.39 is 0 Å². The highest BCUT2D eigenvalue weighted by Crippen LogP contribution is 2.37. The molecular formula is C28H23N3O5. The smallest absolute Gasteiger partial charge is 0.254 e. The first-order valence-corrected chi connectivity index (χ1v) is 12.0. The van der Waals surface area contributed by atoms with Crippen LogP contribution in [0.15, 0.2) is 66.7 Å². The van der Waals surface area contributed by atoms with Crippen LogP contribution in [0, 0.1) is 0 Å². The van der Waals surface area contributed by atoms with Gasteiger partial charge in [-0.15, -0.1) is 0 Å². The van der Waals surface area contributed by atoms with Gasteiger partial charge in [-0.1, -0.05) is 18.2 Å². The lowest BCUT2D eigenvalue weighted by Crippen LogP contribution is -2.48. The third-order valence-corrected chi connectivity index (χ3v) is 6.90. The zero-order chi connectivity index (χ0) is 24.1. The number of rotatable bonds is 3. The summed E-state index contributed by atoms with van der Waals surface area (Å²) < 4.78 is 21.9. The van der Waals surface area contributed by atoms with Gasteiger partial charge in [0.15, 0.2) is 23.0 Å². The number of amides is 1. The molecule has 0 saturated carbocycles. The minimum atomic E-state index is 0.0148. The molecule has 0 aliphatic carbocycles. The van der Waals surface area contributed by atoms with Crippen LogP contribution in [0.2, 0.25) is 0 Å². The second-order valence-electron chi connectivity index (χ2n) is 8.96. The van der Waals surface area contributed by atoms with Crippen LogP contribution in [-0.2, 0) is 0 Å². The fourth-order valence-corrected chi connectivity index (χ4v) is 4.98. The minimum Gasteiger partial charge on any atom is -0.454 e. The monoisotopic (exact) mass is 481 g/mol. The standard InChI is InChI=1S/C28H23N3O5/c32-28(31-11-9-30(10-12-31)19-6-8-25-27(14-19)36-17-34-25)21-15-23(29-22-4-2-1-3-20(21)22)18-5-7-24-26(13-18)35-16-33-24/h1-8,13-15H,9-12,16-17H2. The summed E-state index contributed by atoms with van der Waals surface area (Å²) in [4.78, 5) is 22.8. The number of nitrogens with zero attached hydrogens (tertiary/aromatic N) is 3. The molecule has 7 rings (SSSR count). The second kappa shape index (κ2) is 8.34. The van der Waals surface area contributed by atoms with Gasteiger partial charge in [0, 0.05) is 48.9 Å². The van der Waals surface area contributed by atoms with E-state index in [-0.39, 0.29) is 19.5 Å². The van der Waals surface area contributed by atoms with Gasteiger partial charge in [-0.3, -0.25) is 4.79 Å². The number of hydrogen-bond acceptors (Lipinski definition) is 7. The Labute approximate surface area is 207 Å². The molecule has 0 atom stereocenters. The summed E-state index contributed by atoms with van der Waals surface area (Å²) in [6.07, 6.45) is 0. The lowest BCUT2D eigenvalue weighted by atomic mass is 10.0. The zero-order valence-corrected chi connectivity index (χ0v) is 19.5. The predicted molar refractivity (Wildman–Crippen MR) is 134 cm³/mol. The van der Waals surface area contributed by atoms with Crippen LogP contribution in [-0.4, -0.2) is 55.6 Å². The molecule has 3 aromatic carbocycles. The molecule has 36 heavy (non-hydrogen) atoms. The highest BCUT2D eigenvalue weighted by molar-refractivity contribution is 6.07.